The van der Waals surface area contributed by atoms with Gasteiger partial charge in [-0.05, 0) is 48.9 Å². The van der Waals surface area contributed by atoms with Crippen LogP contribution in [0.1, 0.15) is 11.1 Å². The molecule has 13 nitrogen and oxygen atoms in total. The minimum Gasteiger partial charge on any atom is -0.480 e. The smallest absolute Gasteiger partial charge is 0.333 e. The molecule has 200 valence electrons. The van der Waals surface area contributed by atoms with E-state index in [-0.39, 0.29) is 27.7 Å². The molecule has 2 amide bonds. The maximum atomic E-state index is 13.1. The van der Waals surface area contributed by atoms with Gasteiger partial charge in [0.15, 0.2) is 0 Å². The molecule has 3 aromatic rings. The Bertz CT molecular complexity index is 1550. The van der Waals surface area contributed by atoms with Crippen molar-refractivity contribution in [1.82, 2.24) is 9.03 Å². The van der Waals surface area contributed by atoms with Crippen molar-refractivity contribution in [3.63, 3.8) is 0 Å². The zero-order valence-corrected chi connectivity index (χ0v) is 21.4. The van der Waals surface area contributed by atoms with Crippen molar-refractivity contribution in [3.8, 4) is 0 Å². The number of rotatable bonds is 10. The summed E-state index contributed by atoms with van der Waals surface area (Å²) in [5.41, 5.74) is 1.02. The highest BCUT2D eigenvalue weighted by Crippen LogP contribution is 2.22. The van der Waals surface area contributed by atoms with Crippen molar-refractivity contribution in [3.05, 3.63) is 94.0 Å². The van der Waals surface area contributed by atoms with Crippen molar-refractivity contribution in [2.24, 2.45) is 0 Å². The average Bonchev–Trinajstić information content (AvgIpc) is 2.84. The van der Waals surface area contributed by atoms with E-state index in [4.69, 9.17) is 0 Å². The third-order valence-electron chi connectivity index (χ3n) is 5.13. The van der Waals surface area contributed by atoms with E-state index in [1.165, 1.54) is 48.5 Å². The minimum absolute atomic E-state index is 0.0701. The number of aryl methyl sites for hydroxylation is 1. The Balaban J connectivity index is 1.74. The number of carbonyl (C=O) groups excluding carboxylic acids is 1. The second-order valence-electron chi connectivity index (χ2n) is 7.99. The molecule has 0 saturated carbocycles. The fraction of sp³-hybridized carbons (Fsp3) is 0.130. The Hall–Kier alpha value is -4.34. The molecular formula is C23H22N4O9S2. The van der Waals surface area contributed by atoms with Crippen LogP contribution in [-0.4, -0.2) is 49.7 Å². The van der Waals surface area contributed by atoms with Crippen LogP contribution in [0.3, 0.4) is 0 Å². The molecule has 0 aliphatic carbocycles. The lowest BCUT2D eigenvalue weighted by Gasteiger charge is -2.20. The van der Waals surface area contributed by atoms with Crippen LogP contribution in [0.2, 0.25) is 0 Å². The Morgan fingerprint density at radius 2 is 1.45 bits per heavy atom. The van der Waals surface area contributed by atoms with Gasteiger partial charge in [0.25, 0.3) is 15.7 Å². The standard InChI is InChI=1S/C23H22N4O9S2/c1-16-2-10-20(11-3-16)37(33,34)25-23(30)24-18-6-12-21(13-7-18)38(35,36)26(15-22(28)29)14-17-4-8-19(9-5-17)27(31)32/h2-13H,14-15H2,1H3,(H,28,29)(H2,24,25,30). The van der Waals surface area contributed by atoms with Crippen LogP contribution in [0.15, 0.2) is 82.6 Å². The fourth-order valence-corrected chi connectivity index (χ4v) is 5.50. The van der Waals surface area contributed by atoms with E-state index in [1.807, 2.05) is 4.72 Å². The predicted molar refractivity (Wildman–Crippen MR) is 135 cm³/mol. The first kappa shape index (κ1) is 28.2. The number of nitro benzene ring substituents is 1. The van der Waals surface area contributed by atoms with Crippen LogP contribution >= 0.6 is 0 Å². The average molecular weight is 563 g/mol. The fourth-order valence-electron chi connectivity index (χ4n) is 3.22. The molecule has 0 fully saturated rings. The number of hydrogen-bond donors (Lipinski definition) is 3. The molecule has 0 aromatic heterocycles. The van der Waals surface area contributed by atoms with Gasteiger partial charge in [0.05, 0.1) is 14.7 Å². The Morgan fingerprint density at radius 1 is 0.895 bits per heavy atom. The molecule has 0 spiro atoms. The molecule has 3 N–H and O–H groups in total. The maximum Gasteiger partial charge on any atom is 0.333 e. The Kier molecular flexibility index (Phi) is 8.45. The molecule has 0 aliphatic rings. The summed E-state index contributed by atoms with van der Waals surface area (Å²) in [7, 11) is -8.49. The van der Waals surface area contributed by atoms with Crippen LogP contribution < -0.4 is 10.0 Å². The van der Waals surface area contributed by atoms with E-state index < -0.39 is 43.5 Å². The molecule has 38 heavy (non-hydrogen) atoms. The topological polar surface area (TPSA) is 193 Å². The zero-order chi connectivity index (χ0) is 28.1. The number of sulfonamides is 2. The second-order valence-corrected chi connectivity index (χ2v) is 11.6. The minimum atomic E-state index is -4.34. The summed E-state index contributed by atoms with van der Waals surface area (Å²) >= 11 is 0. The van der Waals surface area contributed by atoms with Crippen LogP contribution in [0.25, 0.3) is 0 Å². The number of carbonyl (C=O) groups is 2. The number of hydrogen-bond acceptors (Lipinski definition) is 8. The SMILES string of the molecule is Cc1ccc(S(=O)(=O)NC(=O)Nc2ccc(S(=O)(=O)N(CC(=O)O)Cc3ccc([N+](=O)[O-])cc3)cc2)cc1. The summed E-state index contributed by atoms with van der Waals surface area (Å²) in [6.45, 7) is 0.529. The third-order valence-corrected chi connectivity index (χ3v) is 8.28. The van der Waals surface area contributed by atoms with Crippen molar-refractivity contribution >= 4 is 43.4 Å². The van der Waals surface area contributed by atoms with E-state index in [1.54, 1.807) is 19.1 Å². The van der Waals surface area contributed by atoms with Gasteiger partial charge < -0.3 is 10.4 Å². The first-order chi connectivity index (χ1) is 17.8. The highest BCUT2D eigenvalue weighted by atomic mass is 32.2. The summed E-state index contributed by atoms with van der Waals surface area (Å²) in [4.78, 5) is 33.3. The molecule has 3 rings (SSSR count). The molecule has 0 saturated heterocycles. The summed E-state index contributed by atoms with van der Waals surface area (Å²) in [6, 6.07) is 14.4. The van der Waals surface area contributed by atoms with Gasteiger partial charge >= 0.3 is 12.0 Å². The molecule has 0 radical (unpaired) electrons. The lowest BCUT2D eigenvalue weighted by molar-refractivity contribution is -0.384. The summed E-state index contributed by atoms with van der Waals surface area (Å²) in [5.74, 6) is -1.42. The predicted octanol–water partition coefficient (Wildman–Crippen LogP) is 2.69. The third kappa shape index (κ3) is 7.12. The van der Waals surface area contributed by atoms with Crippen molar-refractivity contribution < 1.29 is 36.5 Å². The molecule has 0 bridgehead atoms. The number of carboxylic acids is 1. The lowest BCUT2D eigenvalue weighted by atomic mass is 10.2. The maximum absolute atomic E-state index is 13.1. The molecule has 0 heterocycles. The summed E-state index contributed by atoms with van der Waals surface area (Å²) in [5, 5.41) is 22.3. The van der Waals surface area contributed by atoms with Gasteiger partial charge in [-0.1, -0.05) is 29.8 Å². The lowest BCUT2D eigenvalue weighted by Crippen LogP contribution is -2.35. The molecule has 0 aliphatic heterocycles. The van der Waals surface area contributed by atoms with E-state index >= 15 is 0 Å². The van der Waals surface area contributed by atoms with Gasteiger partial charge in [0, 0.05) is 24.4 Å². The van der Waals surface area contributed by atoms with E-state index in [0.29, 0.717) is 9.87 Å². The molecule has 0 atom stereocenters. The Labute approximate surface area is 218 Å². The number of amides is 2. The summed E-state index contributed by atoms with van der Waals surface area (Å²) in [6.07, 6.45) is 0. The van der Waals surface area contributed by atoms with E-state index in [2.05, 4.69) is 5.32 Å². The van der Waals surface area contributed by atoms with Gasteiger partial charge in [-0.15, -0.1) is 0 Å². The number of nitro groups is 1. The largest absolute Gasteiger partial charge is 0.480 e. The first-order valence-corrected chi connectivity index (χ1v) is 13.7. The molecule has 0 unspecified atom stereocenters. The van der Waals surface area contributed by atoms with E-state index in [0.717, 1.165) is 17.7 Å². The molecule has 15 heteroatoms. The van der Waals surface area contributed by atoms with Crippen LogP contribution in [0, 0.1) is 17.0 Å². The zero-order valence-electron chi connectivity index (χ0n) is 19.8. The van der Waals surface area contributed by atoms with Crippen molar-refractivity contribution in [2.45, 2.75) is 23.3 Å². The molecular weight excluding hydrogens is 540 g/mol. The second kappa shape index (κ2) is 11.4. The number of anilines is 1. The number of nitrogens with zero attached hydrogens (tertiary/aromatic N) is 2. The van der Waals surface area contributed by atoms with Gasteiger partial charge in [0.2, 0.25) is 10.0 Å². The number of aliphatic carboxylic acids is 1. The van der Waals surface area contributed by atoms with Crippen molar-refractivity contribution in [2.75, 3.05) is 11.9 Å². The Morgan fingerprint density at radius 3 is 1.97 bits per heavy atom. The van der Waals surface area contributed by atoms with Gasteiger partial charge in [-0.3, -0.25) is 14.9 Å². The van der Waals surface area contributed by atoms with Crippen molar-refractivity contribution in [1.29, 1.82) is 0 Å². The van der Waals surface area contributed by atoms with Crippen LogP contribution in [0.4, 0.5) is 16.2 Å². The molecule has 3 aromatic carbocycles. The first-order valence-electron chi connectivity index (χ1n) is 10.7. The number of nitrogens with one attached hydrogen (secondary N) is 2. The van der Waals surface area contributed by atoms with Gasteiger partial charge in [0.1, 0.15) is 6.54 Å². The number of non-ortho nitro benzene ring substituents is 1. The van der Waals surface area contributed by atoms with Crippen LogP contribution in [-0.2, 0) is 31.4 Å². The van der Waals surface area contributed by atoms with Gasteiger partial charge in [-0.2, -0.15) is 4.31 Å². The number of benzene rings is 3. The summed E-state index contributed by atoms with van der Waals surface area (Å²) < 4.78 is 53.5. The van der Waals surface area contributed by atoms with E-state index in [9.17, 15) is 41.6 Å². The highest BCUT2D eigenvalue weighted by molar-refractivity contribution is 7.90. The quantitative estimate of drug-likeness (QED) is 0.246. The highest BCUT2D eigenvalue weighted by Gasteiger charge is 2.27. The van der Waals surface area contributed by atoms with Gasteiger partial charge in [-0.25, -0.2) is 26.4 Å². The normalized spacial score (nSPS) is 11.6. The monoisotopic (exact) mass is 562 g/mol. The number of carboxylic acid groups (broad SMARTS) is 1. The van der Waals surface area contributed by atoms with Crippen LogP contribution in [0.5, 0.6) is 0 Å². The number of urea groups is 1.